The van der Waals surface area contributed by atoms with Crippen molar-refractivity contribution in [2.75, 3.05) is 0 Å². The molecule has 0 atom stereocenters. The lowest BCUT2D eigenvalue weighted by molar-refractivity contribution is 1.36. The normalized spacial score (nSPS) is 11.1. The molecule has 0 aliphatic rings. The molecule has 1 heteroatoms. The maximum Gasteiger partial charge on any atom is 0.0711 e. The third-order valence-electron chi connectivity index (χ3n) is 2.94. The summed E-state index contributed by atoms with van der Waals surface area (Å²) in [6.45, 7) is 6.12. The highest BCUT2D eigenvalue weighted by atomic mass is 14.7. The first kappa shape index (κ1) is 9.34. The van der Waals surface area contributed by atoms with Crippen LogP contribution in [0.1, 0.15) is 11.3 Å². The highest BCUT2D eigenvalue weighted by Gasteiger charge is 2.04. The van der Waals surface area contributed by atoms with Crippen LogP contribution in [0.3, 0.4) is 0 Å². The minimum Gasteiger partial charge on any atom is -0.252 e. The maximum atomic E-state index is 4.53. The van der Waals surface area contributed by atoms with Crippen molar-refractivity contribution in [2.45, 2.75) is 6.92 Å². The van der Waals surface area contributed by atoms with Gasteiger partial charge in [0.2, 0.25) is 0 Å². The third-order valence-corrected chi connectivity index (χ3v) is 2.94. The number of nitrogens with zero attached hydrogens (tertiary/aromatic N) is 1. The SMILES string of the molecule is [CH2]c1nc2ccccc2c2ccc(C)cc12. The van der Waals surface area contributed by atoms with E-state index in [2.05, 4.69) is 43.1 Å². The van der Waals surface area contributed by atoms with Crippen LogP contribution >= 0.6 is 0 Å². The molecule has 0 aliphatic carbocycles. The molecule has 0 amide bonds. The lowest BCUT2D eigenvalue weighted by Crippen LogP contribution is -1.88. The van der Waals surface area contributed by atoms with Crippen molar-refractivity contribution in [3.63, 3.8) is 0 Å². The highest BCUT2D eigenvalue weighted by Crippen LogP contribution is 2.26. The lowest BCUT2D eigenvalue weighted by Gasteiger charge is -2.07. The predicted octanol–water partition coefficient (Wildman–Crippen LogP) is 3.88. The van der Waals surface area contributed by atoms with Gasteiger partial charge >= 0.3 is 0 Å². The van der Waals surface area contributed by atoms with Crippen molar-refractivity contribution in [1.82, 2.24) is 4.98 Å². The largest absolute Gasteiger partial charge is 0.252 e. The van der Waals surface area contributed by atoms with E-state index < -0.39 is 0 Å². The topological polar surface area (TPSA) is 12.9 Å². The van der Waals surface area contributed by atoms with Crippen LogP contribution in [0, 0.1) is 13.8 Å². The summed E-state index contributed by atoms with van der Waals surface area (Å²) in [4.78, 5) is 4.53. The fourth-order valence-corrected chi connectivity index (χ4v) is 2.14. The summed E-state index contributed by atoms with van der Waals surface area (Å²) >= 11 is 0. The molecule has 77 valence electrons. The van der Waals surface area contributed by atoms with Gasteiger partial charge in [0.25, 0.3) is 0 Å². The quantitative estimate of drug-likeness (QED) is 0.509. The van der Waals surface area contributed by atoms with Crippen molar-refractivity contribution in [3.05, 3.63) is 60.6 Å². The van der Waals surface area contributed by atoms with E-state index >= 15 is 0 Å². The Balaban J connectivity index is 2.59. The standard InChI is InChI=1S/C15H12N/c1-10-7-8-12-13-5-3-4-6-15(13)16-11(2)14(12)9-10/h3-9H,2H2,1H3. The van der Waals surface area contributed by atoms with Gasteiger partial charge < -0.3 is 0 Å². The van der Waals surface area contributed by atoms with Gasteiger partial charge in [-0.1, -0.05) is 35.9 Å². The minimum atomic E-state index is 0.859. The molecule has 3 rings (SSSR count). The van der Waals surface area contributed by atoms with Gasteiger partial charge in [0.15, 0.2) is 0 Å². The number of pyridine rings is 1. The first-order valence-electron chi connectivity index (χ1n) is 5.37. The summed E-state index contributed by atoms with van der Waals surface area (Å²) in [5, 5.41) is 3.59. The summed E-state index contributed by atoms with van der Waals surface area (Å²) in [7, 11) is 0. The van der Waals surface area contributed by atoms with E-state index in [0.29, 0.717) is 0 Å². The van der Waals surface area contributed by atoms with Crippen LogP contribution in [0.15, 0.2) is 42.5 Å². The number of fused-ring (bicyclic) bond motifs is 3. The summed E-state index contributed by atoms with van der Waals surface area (Å²) < 4.78 is 0. The molecule has 2 aromatic carbocycles. The second-order valence-corrected chi connectivity index (χ2v) is 4.12. The Morgan fingerprint density at radius 3 is 2.62 bits per heavy atom. The Morgan fingerprint density at radius 2 is 1.75 bits per heavy atom. The summed E-state index contributed by atoms with van der Waals surface area (Å²) in [5.41, 5.74) is 3.12. The zero-order valence-corrected chi connectivity index (χ0v) is 9.20. The molecule has 0 spiro atoms. The molecule has 0 bridgehead atoms. The number of para-hydroxylation sites is 1. The van der Waals surface area contributed by atoms with Gasteiger partial charge in [-0.15, -0.1) is 0 Å². The number of hydrogen-bond acceptors (Lipinski definition) is 1. The van der Waals surface area contributed by atoms with E-state index in [9.17, 15) is 0 Å². The van der Waals surface area contributed by atoms with Crippen molar-refractivity contribution in [2.24, 2.45) is 0 Å². The summed E-state index contributed by atoms with van der Waals surface area (Å²) in [6, 6.07) is 14.6. The first-order chi connectivity index (χ1) is 7.75. The van der Waals surface area contributed by atoms with Crippen molar-refractivity contribution in [1.29, 1.82) is 0 Å². The van der Waals surface area contributed by atoms with Gasteiger partial charge in [0.05, 0.1) is 5.52 Å². The van der Waals surface area contributed by atoms with E-state index in [-0.39, 0.29) is 0 Å². The predicted molar refractivity (Wildman–Crippen MR) is 68.4 cm³/mol. The summed E-state index contributed by atoms with van der Waals surface area (Å²) in [6.07, 6.45) is 0. The molecule has 0 N–H and O–H groups in total. The van der Waals surface area contributed by atoms with Gasteiger partial charge in [-0.3, -0.25) is 4.98 Å². The average molecular weight is 206 g/mol. The first-order valence-corrected chi connectivity index (χ1v) is 5.37. The molecule has 0 saturated heterocycles. The number of rotatable bonds is 0. The zero-order chi connectivity index (χ0) is 11.1. The molecule has 1 heterocycles. The second-order valence-electron chi connectivity index (χ2n) is 4.12. The number of aromatic nitrogens is 1. The Labute approximate surface area is 94.7 Å². The van der Waals surface area contributed by atoms with E-state index in [1.54, 1.807) is 0 Å². The second kappa shape index (κ2) is 3.31. The summed E-state index contributed by atoms with van der Waals surface area (Å²) in [5.74, 6) is 0. The maximum absolute atomic E-state index is 4.53. The Bertz CT molecular complexity index is 683. The van der Waals surface area contributed by atoms with E-state index in [0.717, 1.165) is 16.6 Å². The third kappa shape index (κ3) is 1.28. The molecule has 16 heavy (non-hydrogen) atoms. The number of aryl methyl sites for hydroxylation is 1. The Hall–Kier alpha value is -1.89. The van der Waals surface area contributed by atoms with Crippen LogP contribution < -0.4 is 0 Å². The van der Waals surface area contributed by atoms with E-state index in [1.807, 2.05) is 18.2 Å². The molecule has 1 nitrogen and oxygen atoms in total. The molecule has 1 radical (unpaired) electrons. The Morgan fingerprint density at radius 1 is 0.938 bits per heavy atom. The molecule has 0 saturated carbocycles. The van der Waals surface area contributed by atoms with Gasteiger partial charge in [-0.05, 0) is 31.4 Å². The molecule has 0 unspecified atom stereocenters. The highest BCUT2D eigenvalue weighted by molar-refractivity contribution is 6.06. The van der Waals surface area contributed by atoms with Gasteiger partial charge in [-0.2, -0.15) is 0 Å². The van der Waals surface area contributed by atoms with E-state index in [1.165, 1.54) is 16.3 Å². The minimum absolute atomic E-state index is 0.859. The van der Waals surface area contributed by atoms with Crippen molar-refractivity contribution >= 4 is 21.7 Å². The van der Waals surface area contributed by atoms with Crippen LogP contribution in [0.25, 0.3) is 21.7 Å². The van der Waals surface area contributed by atoms with Crippen molar-refractivity contribution in [3.8, 4) is 0 Å². The number of hydrogen-bond donors (Lipinski definition) is 0. The molecular formula is C15H12N. The molecule has 0 aliphatic heterocycles. The van der Waals surface area contributed by atoms with Gasteiger partial charge in [0.1, 0.15) is 0 Å². The fraction of sp³-hybridized carbons (Fsp3) is 0.0667. The van der Waals surface area contributed by atoms with Crippen LogP contribution in [-0.2, 0) is 0 Å². The van der Waals surface area contributed by atoms with Crippen LogP contribution in [-0.4, -0.2) is 4.98 Å². The van der Waals surface area contributed by atoms with Crippen LogP contribution in [0.5, 0.6) is 0 Å². The van der Waals surface area contributed by atoms with Gasteiger partial charge in [-0.25, -0.2) is 0 Å². The number of benzene rings is 2. The Kier molecular flexibility index (Phi) is 1.93. The zero-order valence-electron chi connectivity index (χ0n) is 9.20. The molecule has 1 aromatic heterocycles. The molecule has 3 aromatic rings. The molecule has 0 fully saturated rings. The average Bonchev–Trinajstić information content (AvgIpc) is 2.29. The van der Waals surface area contributed by atoms with Crippen molar-refractivity contribution < 1.29 is 0 Å². The smallest absolute Gasteiger partial charge is 0.0711 e. The molecular weight excluding hydrogens is 194 g/mol. The van der Waals surface area contributed by atoms with Gasteiger partial charge in [0, 0.05) is 16.5 Å². The van der Waals surface area contributed by atoms with Crippen LogP contribution in [0.4, 0.5) is 0 Å². The monoisotopic (exact) mass is 206 g/mol. The van der Waals surface area contributed by atoms with E-state index in [4.69, 9.17) is 0 Å². The van der Waals surface area contributed by atoms with Crippen LogP contribution in [0.2, 0.25) is 0 Å². The lowest BCUT2D eigenvalue weighted by atomic mass is 10.0. The fourth-order valence-electron chi connectivity index (χ4n) is 2.14.